The zero-order valence-electron chi connectivity index (χ0n) is 15.0. The average Bonchev–Trinajstić information content (AvgIpc) is 2.98. The first-order chi connectivity index (χ1) is 11.3. The van der Waals surface area contributed by atoms with Crippen LogP contribution in [-0.4, -0.2) is 31.8 Å². The van der Waals surface area contributed by atoms with Crippen molar-refractivity contribution in [2.24, 2.45) is 16.3 Å². The molecule has 2 aliphatic rings. The standard InChI is InChI=1S/C18H25Cl2N3O.HI/c1-10(12-6-5-11(19)9-14(12)20)22-17(21-4)23-15-13-7-8-24-16(13)18(15,2)3;/h5-6,9-10,13,15-16H,7-8H2,1-4H3,(H2,21,22,23);1H. The van der Waals surface area contributed by atoms with Gasteiger partial charge in [0.05, 0.1) is 12.1 Å². The van der Waals surface area contributed by atoms with Crippen molar-refractivity contribution >= 4 is 53.1 Å². The summed E-state index contributed by atoms with van der Waals surface area (Å²) in [5.41, 5.74) is 1.11. The van der Waals surface area contributed by atoms with Crippen LogP contribution < -0.4 is 10.6 Å². The molecule has 0 aromatic heterocycles. The lowest BCUT2D eigenvalue weighted by molar-refractivity contribution is -0.106. The summed E-state index contributed by atoms with van der Waals surface area (Å²) in [5, 5.41) is 8.32. The van der Waals surface area contributed by atoms with Crippen molar-refractivity contribution < 1.29 is 4.74 Å². The highest BCUT2D eigenvalue weighted by molar-refractivity contribution is 14.0. The van der Waals surface area contributed by atoms with Gasteiger partial charge in [-0.15, -0.1) is 24.0 Å². The number of hydrogen-bond acceptors (Lipinski definition) is 2. The van der Waals surface area contributed by atoms with Gasteiger partial charge in [-0.25, -0.2) is 0 Å². The van der Waals surface area contributed by atoms with E-state index in [0.29, 0.717) is 28.1 Å². The number of guanidine groups is 1. The third-order valence-electron chi connectivity index (χ3n) is 5.40. The lowest BCUT2D eigenvalue weighted by atomic mass is 9.57. The minimum atomic E-state index is 0. The highest BCUT2D eigenvalue weighted by Gasteiger charge is 2.59. The lowest BCUT2D eigenvalue weighted by Gasteiger charge is -2.55. The first-order valence-electron chi connectivity index (χ1n) is 8.41. The molecular formula is C18H26Cl2IN3O. The predicted octanol–water partition coefficient (Wildman–Crippen LogP) is 4.65. The Kier molecular flexibility index (Phi) is 6.90. The maximum atomic E-state index is 6.31. The van der Waals surface area contributed by atoms with Crippen molar-refractivity contribution in [2.45, 2.75) is 45.4 Å². The van der Waals surface area contributed by atoms with E-state index in [-0.39, 0.29) is 35.4 Å². The summed E-state index contributed by atoms with van der Waals surface area (Å²) in [7, 11) is 1.79. The molecule has 7 heteroatoms. The van der Waals surface area contributed by atoms with Crippen molar-refractivity contribution in [2.75, 3.05) is 13.7 Å². The Hall–Kier alpha value is -0.240. The Morgan fingerprint density at radius 2 is 2.08 bits per heavy atom. The van der Waals surface area contributed by atoms with Crippen molar-refractivity contribution in [1.29, 1.82) is 0 Å². The summed E-state index contributed by atoms with van der Waals surface area (Å²) in [6.45, 7) is 7.43. The van der Waals surface area contributed by atoms with Gasteiger partial charge in [-0.2, -0.15) is 0 Å². The maximum absolute atomic E-state index is 6.31. The van der Waals surface area contributed by atoms with Crippen LogP contribution in [0.5, 0.6) is 0 Å². The van der Waals surface area contributed by atoms with E-state index >= 15 is 0 Å². The van der Waals surface area contributed by atoms with Crippen LogP contribution in [0.15, 0.2) is 23.2 Å². The van der Waals surface area contributed by atoms with Crippen molar-refractivity contribution in [3.8, 4) is 0 Å². The Morgan fingerprint density at radius 1 is 1.36 bits per heavy atom. The number of rotatable bonds is 3. The number of hydrogen-bond donors (Lipinski definition) is 2. The fourth-order valence-corrected chi connectivity index (χ4v) is 4.64. The molecule has 1 aliphatic heterocycles. The highest BCUT2D eigenvalue weighted by Crippen LogP contribution is 2.52. The molecule has 0 amide bonds. The van der Waals surface area contributed by atoms with E-state index in [0.717, 1.165) is 24.6 Å². The van der Waals surface area contributed by atoms with Gasteiger partial charge >= 0.3 is 0 Å². The Balaban J connectivity index is 0.00000225. The number of fused-ring (bicyclic) bond motifs is 1. The fraction of sp³-hybridized carbons (Fsp3) is 0.611. The fourth-order valence-electron chi connectivity index (χ4n) is 4.07. The number of ether oxygens (including phenoxy) is 1. The first kappa shape index (κ1) is 21.1. The Morgan fingerprint density at radius 3 is 2.72 bits per heavy atom. The second-order valence-electron chi connectivity index (χ2n) is 7.29. The summed E-state index contributed by atoms with van der Waals surface area (Å²) in [4.78, 5) is 4.39. The molecule has 2 fully saturated rings. The number of nitrogens with one attached hydrogen (secondary N) is 2. The van der Waals surface area contributed by atoms with E-state index < -0.39 is 0 Å². The second-order valence-corrected chi connectivity index (χ2v) is 8.14. The van der Waals surface area contributed by atoms with Crippen molar-refractivity contribution in [1.82, 2.24) is 10.6 Å². The van der Waals surface area contributed by atoms with Gasteiger partial charge < -0.3 is 15.4 Å². The Labute approximate surface area is 177 Å². The van der Waals surface area contributed by atoms with Gasteiger partial charge in [-0.1, -0.05) is 43.1 Å². The van der Waals surface area contributed by atoms with Gasteiger partial charge in [0.25, 0.3) is 0 Å². The van der Waals surface area contributed by atoms with Crippen LogP contribution in [0.25, 0.3) is 0 Å². The van der Waals surface area contributed by atoms with Gasteiger partial charge in [0.1, 0.15) is 0 Å². The number of aliphatic imine (C=N–C) groups is 1. The van der Waals surface area contributed by atoms with Gasteiger partial charge in [-0.05, 0) is 31.0 Å². The highest BCUT2D eigenvalue weighted by atomic mass is 127. The molecule has 1 saturated heterocycles. The minimum absolute atomic E-state index is 0. The molecule has 3 rings (SSSR count). The summed E-state index contributed by atoms with van der Waals surface area (Å²) in [6.07, 6.45) is 1.47. The van der Waals surface area contributed by atoms with Crippen LogP contribution in [0.1, 0.15) is 38.8 Å². The molecule has 0 bridgehead atoms. The molecule has 140 valence electrons. The van der Waals surface area contributed by atoms with Gasteiger partial charge in [0, 0.05) is 41.1 Å². The Bertz CT molecular complexity index is 653. The quantitative estimate of drug-likeness (QED) is 0.363. The second kappa shape index (κ2) is 8.19. The molecule has 1 aromatic carbocycles. The number of nitrogens with zero attached hydrogens (tertiary/aromatic N) is 1. The molecule has 0 spiro atoms. The van der Waals surface area contributed by atoms with Crippen LogP contribution in [0, 0.1) is 11.3 Å². The van der Waals surface area contributed by atoms with Crippen LogP contribution >= 0.6 is 47.2 Å². The van der Waals surface area contributed by atoms with Crippen LogP contribution in [0.3, 0.4) is 0 Å². The number of halogens is 3. The number of benzene rings is 1. The minimum Gasteiger partial charge on any atom is -0.377 e. The molecule has 1 heterocycles. The summed E-state index contributed by atoms with van der Waals surface area (Å²) < 4.78 is 5.86. The lowest BCUT2D eigenvalue weighted by Crippen LogP contribution is -2.68. The smallest absolute Gasteiger partial charge is 0.191 e. The van der Waals surface area contributed by atoms with Gasteiger partial charge in [0.15, 0.2) is 5.96 Å². The summed E-state index contributed by atoms with van der Waals surface area (Å²) >= 11 is 12.3. The van der Waals surface area contributed by atoms with E-state index in [4.69, 9.17) is 27.9 Å². The normalized spacial score (nSPS) is 28.4. The molecule has 0 radical (unpaired) electrons. The largest absolute Gasteiger partial charge is 0.377 e. The topological polar surface area (TPSA) is 45.7 Å². The van der Waals surface area contributed by atoms with Crippen LogP contribution in [0.2, 0.25) is 10.0 Å². The van der Waals surface area contributed by atoms with Crippen molar-refractivity contribution in [3.05, 3.63) is 33.8 Å². The molecule has 1 aliphatic carbocycles. The third kappa shape index (κ3) is 4.04. The van der Waals surface area contributed by atoms with E-state index in [1.54, 1.807) is 13.1 Å². The van der Waals surface area contributed by atoms with Crippen LogP contribution in [-0.2, 0) is 4.74 Å². The zero-order chi connectivity index (χ0) is 17.5. The predicted molar refractivity (Wildman–Crippen MR) is 115 cm³/mol. The summed E-state index contributed by atoms with van der Waals surface area (Å²) in [6, 6.07) is 5.96. The molecule has 25 heavy (non-hydrogen) atoms. The van der Waals surface area contributed by atoms with E-state index in [2.05, 4.69) is 36.4 Å². The van der Waals surface area contributed by atoms with E-state index in [1.165, 1.54) is 0 Å². The molecule has 4 atom stereocenters. The van der Waals surface area contributed by atoms with Crippen LogP contribution in [0.4, 0.5) is 0 Å². The van der Waals surface area contributed by atoms with E-state index in [9.17, 15) is 0 Å². The molecular weight excluding hydrogens is 472 g/mol. The van der Waals surface area contributed by atoms with Gasteiger partial charge in [0.2, 0.25) is 0 Å². The SMILES string of the molecule is CN=C(NC(C)c1ccc(Cl)cc1Cl)NC1C2CCOC2C1(C)C.I. The van der Waals surface area contributed by atoms with Crippen molar-refractivity contribution in [3.63, 3.8) is 0 Å². The maximum Gasteiger partial charge on any atom is 0.191 e. The molecule has 1 aromatic rings. The molecule has 4 unspecified atom stereocenters. The third-order valence-corrected chi connectivity index (χ3v) is 5.96. The van der Waals surface area contributed by atoms with Gasteiger partial charge in [-0.3, -0.25) is 4.99 Å². The first-order valence-corrected chi connectivity index (χ1v) is 9.16. The molecule has 4 nitrogen and oxygen atoms in total. The monoisotopic (exact) mass is 497 g/mol. The molecule has 2 N–H and O–H groups in total. The molecule has 1 saturated carbocycles. The zero-order valence-corrected chi connectivity index (χ0v) is 18.8. The average molecular weight is 498 g/mol. The summed E-state index contributed by atoms with van der Waals surface area (Å²) in [5.74, 6) is 1.35. The van der Waals surface area contributed by atoms with E-state index in [1.807, 2.05) is 12.1 Å².